The Morgan fingerprint density at radius 3 is 2.50 bits per heavy atom. The van der Waals surface area contributed by atoms with Crippen LogP contribution in [0.25, 0.3) is 17.2 Å². The number of rotatable bonds is 6. The van der Waals surface area contributed by atoms with Crippen LogP contribution in [0.5, 0.6) is 0 Å². The van der Waals surface area contributed by atoms with Crippen LogP contribution in [0.2, 0.25) is 0 Å². The molecular formula is C29H33N3O5S. The summed E-state index contributed by atoms with van der Waals surface area (Å²) >= 11 is 0. The van der Waals surface area contributed by atoms with Gasteiger partial charge in [-0.1, -0.05) is 30.4 Å². The van der Waals surface area contributed by atoms with Gasteiger partial charge in [-0.15, -0.1) is 0 Å². The molecule has 0 radical (unpaired) electrons. The van der Waals surface area contributed by atoms with Crippen LogP contribution in [0.15, 0.2) is 47.6 Å². The second-order valence-corrected chi connectivity index (χ2v) is 12.2. The highest BCUT2D eigenvalue weighted by Gasteiger charge is 2.28. The van der Waals surface area contributed by atoms with E-state index in [0.717, 1.165) is 57.5 Å². The second kappa shape index (κ2) is 10.5. The average Bonchev–Trinajstić information content (AvgIpc) is 3.35. The van der Waals surface area contributed by atoms with Crippen LogP contribution in [0.1, 0.15) is 46.3 Å². The van der Waals surface area contributed by atoms with Crippen LogP contribution in [-0.4, -0.2) is 57.1 Å². The van der Waals surface area contributed by atoms with Crippen molar-refractivity contribution in [2.75, 3.05) is 37.9 Å². The van der Waals surface area contributed by atoms with Crippen molar-refractivity contribution in [3.8, 4) is 11.1 Å². The van der Waals surface area contributed by atoms with Gasteiger partial charge in [-0.2, -0.15) is 4.31 Å². The number of benzene rings is 2. The number of nitrogens with two attached hydrogens (primary N) is 1. The molecule has 38 heavy (non-hydrogen) atoms. The summed E-state index contributed by atoms with van der Waals surface area (Å²) in [4.78, 5) is 25.2. The standard InChI is InChI=1S/C29H33N3O5S/c1-18-22(4-3-5-27(18)31-29(34)20-10-14-37-15-11-20)23-6-7-24(28(30)33)26-17-21(16-25(23)26)19-8-12-32(13-9-19)38(2,35)36/h3-8,16,20H,9-15,17H2,1-2H3,(H2,30,33)(H,31,34). The van der Waals surface area contributed by atoms with Gasteiger partial charge in [-0.3, -0.25) is 9.59 Å². The van der Waals surface area contributed by atoms with Crippen molar-refractivity contribution in [1.29, 1.82) is 0 Å². The summed E-state index contributed by atoms with van der Waals surface area (Å²) in [6.07, 6.45) is 7.90. The monoisotopic (exact) mass is 535 g/mol. The molecule has 2 amide bonds. The molecule has 200 valence electrons. The third-order valence-electron chi connectivity index (χ3n) is 7.84. The molecule has 2 aliphatic heterocycles. The number of carbonyl (C=O) groups is 2. The highest BCUT2D eigenvalue weighted by molar-refractivity contribution is 7.88. The molecule has 0 aromatic heterocycles. The second-order valence-electron chi connectivity index (χ2n) is 10.2. The molecule has 1 aliphatic carbocycles. The van der Waals surface area contributed by atoms with E-state index in [1.54, 1.807) is 6.07 Å². The summed E-state index contributed by atoms with van der Waals surface area (Å²) in [5.74, 6) is -0.520. The molecule has 0 saturated carbocycles. The molecule has 9 heteroatoms. The largest absolute Gasteiger partial charge is 0.381 e. The molecule has 0 atom stereocenters. The first-order chi connectivity index (χ1) is 18.1. The number of nitrogens with zero attached hydrogens (tertiary/aromatic N) is 1. The van der Waals surface area contributed by atoms with E-state index in [2.05, 4.69) is 11.4 Å². The van der Waals surface area contributed by atoms with Crippen molar-refractivity contribution in [3.63, 3.8) is 0 Å². The van der Waals surface area contributed by atoms with Gasteiger partial charge in [0.15, 0.2) is 0 Å². The number of anilines is 1. The molecule has 5 rings (SSSR count). The first-order valence-corrected chi connectivity index (χ1v) is 14.8. The van der Waals surface area contributed by atoms with Gasteiger partial charge in [0.05, 0.1) is 6.26 Å². The number of nitrogens with one attached hydrogen (secondary N) is 1. The summed E-state index contributed by atoms with van der Waals surface area (Å²) in [5.41, 5.74) is 13.9. The topological polar surface area (TPSA) is 119 Å². The summed E-state index contributed by atoms with van der Waals surface area (Å²) in [7, 11) is -3.24. The first-order valence-electron chi connectivity index (χ1n) is 12.9. The Kier molecular flexibility index (Phi) is 7.26. The zero-order valence-corrected chi connectivity index (χ0v) is 22.6. The molecule has 1 fully saturated rings. The Labute approximate surface area is 223 Å². The van der Waals surface area contributed by atoms with E-state index >= 15 is 0 Å². The Hall–Kier alpha value is -3.27. The summed E-state index contributed by atoms with van der Waals surface area (Å²) in [6, 6.07) is 9.57. The molecule has 3 N–H and O–H groups in total. The predicted octanol–water partition coefficient (Wildman–Crippen LogP) is 3.66. The molecule has 8 nitrogen and oxygen atoms in total. The molecule has 0 spiro atoms. The van der Waals surface area contributed by atoms with Gasteiger partial charge in [0.25, 0.3) is 0 Å². The van der Waals surface area contributed by atoms with Crippen LogP contribution < -0.4 is 11.1 Å². The lowest BCUT2D eigenvalue weighted by atomic mass is 9.90. The van der Waals surface area contributed by atoms with E-state index in [1.807, 2.05) is 37.3 Å². The first kappa shape index (κ1) is 26.3. The van der Waals surface area contributed by atoms with E-state index in [9.17, 15) is 18.0 Å². The molecule has 0 unspecified atom stereocenters. The number of amides is 2. The van der Waals surface area contributed by atoms with Gasteiger partial charge in [0.1, 0.15) is 0 Å². The van der Waals surface area contributed by atoms with Crippen molar-refractivity contribution in [3.05, 3.63) is 69.8 Å². The van der Waals surface area contributed by atoms with Crippen molar-refractivity contribution in [2.24, 2.45) is 11.7 Å². The third kappa shape index (κ3) is 5.18. The minimum absolute atomic E-state index is 0.0115. The van der Waals surface area contributed by atoms with Crippen LogP contribution in [0, 0.1) is 12.8 Å². The maximum atomic E-state index is 12.9. The molecule has 3 aliphatic rings. The SMILES string of the molecule is Cc1c(NC(=O)C2CCOCC2)cccc1-c1ccc(C(N)=O)c2c1C=C(C1=CCN(S(C)(=O)=O)CC1)C2. The molecule has 1 saturated heterocycles. The lowest BCUT2D eigenvalue weighted by Crippen LogP contribution is -2.34. The fourth-order valence-electron chi connectivity index (χ4n) is 5.61. The van der Waals surface area contributed by atoms with E-state index in [0.29, 0.717) is 44.7 Å². The van der Waals surface area contributed by atoms with Crippen LogP contribution in [-0.2, 0) is 26.0 Å². The number of sulfonamides is 1. The van der Waals surface area contributed by atoms with Crippen molar-refractivity contribution in [2.45, 2.75) is 32.6 Å². The normalized spacial score (nSPS) is 18.5. The van der Waals surface area contributed by atoms with E-state index in [4.69, 9.17) is 10.5 Å². The minimum Gasteiger partial charge on any atom is -0.381 e. The molecule has 2 aromatic carbocycles. The van der Waals surface area contributed by atoms with E-state index in [-0.39, 0.29) is 11.8 Å². The average molecular weight is 536 g/mol. The van der Waals surface area contributed by atoms with Crippen molar-refractivity contribution >= 4 is 33.6 Å². The van der Waals surface area contributed by atoms with E-state index < -0.39 is 15.9 Å². The predicted molar refractivity (Wildman–Crippen MR) is 148 cm³/mol. The van der Waals surface area contributed by atoms with Crippen LogP contribution in [0.4, 0.5) is 5.69 Å². The Morgan fingerprint density at radius 2 is 1.84 bits per heavy atom. The number of primary amides is 1. The molecule has 2 aromatic rings. The molecule has 2 heterocycles. The van der Waals surface area contributed by atoms with Gasteiger partial charge in [-0.25, -0.2) is 8.42 Å². The number of fused-ring (bicyclic) bond motifs is 1. The van der Waals surface area contributed by atoms with Crippen molar-refractivity contribution < 1.29 is 22.7 Å². The number of carbonyl (C=O) groups excluding carboxylic acids is 2. The fraction of sp³-hybridized carbons (Fsp3) is 0.379. The number of hydrogen-bond acceptors (Lipinski definition) is 5. The Balaban J connectivity index is 1.49. The Morgan fingerprint density at radius 1 is 1.08 bits per heavy atom. The zero-order valence-electron chi connectivity index (χ0n) is 21.7. The lowest BCUT2D eigenvalue weighted by molar-refractivity contribution is -0.122. The fourth-order valence-corrected chi connectivity index (χ4v) is 6.38. The zero-order chi connectivity index (χ0) is 27.0. The minimum atomic E-state index is -3.24. The molecule has 0 bridgehead atoms. The summed E-state index contributed by atoms with van der Waals surface area (Å²) in [6.45, 7) is 3.97. The number of hydrogen-bond donors (Lipinski definition) is 2. The highest BCUT2D eigenvalue weighted by atomic mass is 32.2. The van der Waals surface area contributed by atoms with Gasteiger partial charge < -0.3 is 15.8 Å². The van der Waals surface area contributed by atoms with Gasteiger partial charge >= 0.3 is 0 Å². The summed E-state index contributed by atoms with van der Waals surface area (Å²) < 4.78 is 30.7. The third-order valence-corrected chi connectivity index (χ3v) is 9.11. The molecular weight excluding hydrogens is 502 g/mol. The van der Waals surface area contributed by atoms with Crippen molar-refractivity contribution in [1.82, 2.24) is 4.31 Å². The summed E-state index contributed by atoms with van der Waals surface area (Å²) in [5, 5.41) is 3.12. The van der Waals surface area contributed by atoms with Gasteiger partial charge in [-0.05, 0) is 83.7 Å². The highest BCUT2D eigenvalue weighted by Crippen LogP contribution is 2.41. The van der Waals surface area contributed by atoms with Crippen LogP contribution >= 0.6 is 0 Å². The van der Waals surface area contributed by atoms with E-state index in [1.165, 1.54) is 10.6 Å². The van der Waals surface area contributed by atoms with Crippen LogP contribution in [0.3, 0.4) is 0 Å². The maximum absolute atomic E-state index is 12.9. The number of ether oxygens (including phenoxy) is 1. The smallest absolute Gasteiger partial charge is 0.249 e. The quantitative estimate of drug-likeness (QED) is 0.585. The maximum Gasteiger partial charge on any atom is 0.249 e. The Bertz CT molecular complexity index is 1470. The van der Waals surface area contributed by atoms with Gasteiger partial charge in [0.2, 0.25) is 21.8 Å². The van der Waals surface area contributed by atoms with Gasteiger partial charge in [0, 0.05) is 43.5 Å². The number of allylic oxidation sites excluding steroid dienone is 1. The lowest BCUT2D eigenvalue weighted by Gasteiger charge is -2.24.